The Morgan fingerprint density at radius 1 is 1.03 bits per heavy atom. The van der Waals surface area contributed by atoms with Crippen molar-refractivity contribution >= 4 is 11.9 Å². The average Bonchev–Trinajstić information content (AvgIpc) is 3.15. The number of H-pyrrole nitrogens is 2. The Bertz CT molecular complexity index is 1070. The molecule has 3 rings (SSSR count). The van der Waals surface area contributed by atoms with Crippen LogP contribution in [0.5, 0.6) is 0 Å². The summed E-state index contributed by atoms with van der Waals surface area (Å²) in [7, 11) is 0. The van der Waals surface area contributed by atoms with Gasteiger partial charge in [0.2, 0.25) is 0 Å². The highest BCUT2D eigenvalue weighted by atomic mass is 16.4. The summed E-state index contributed by atoms with van der Waals surface area (Å²) in [5, 5.41) is 26.9. The van der Waals surface area contributed by atoms with Gasteiger partial charge in [0.25, 0.3) is 11.5 Å². The molecule has 0 aliphatic rings. The molecule has 1 aromatic heterocycles. The zero-order chi connectivity index (χ0) is 21.7. The smallest absolute Gasteiger partial charge is 0.335 e. The summed E-state index contributed by atoms with van der Waals surface area (Å²) in [5.41, 5.74) is 0.517. The van der Waals surface area contributed by atoms with Crippen molar-refractivity contribution in [3.05, 3.63) is 82.3 Å². The third-order valence-corrected chi connectivity index (χ3v) is 4.82. The molecule has 2 aromatic carbocycles. The highest BCUT2D eigenvalue weighted by Gasteiger charge is 2.34. The molecule has 0 saturated heterocycles. The standard InChI is InChI=1S/C22H23N3O5/c1-22(30,21(28)29)13-17(23-20(27)18-12-19(26)25-24-18)11-14-7-9-16(10-8-14)15-5-3-2-4-6-15/h2-10,12,17,30H,11,13H2,1H3,(H,23,27)(H,28,29)(H2,24,25,26). The van der Waals surface area contributed by atoms with Crippen LogP contribution in [0.15, 0.2) is 65.5 Å². The molecular weight excluding hydrogens is 386 g/mol. The monoisotopic (exact) mass is 409 g/mol. The molecule has 0 fully saturated rings. The fourth-order valence-electron chi connectivity index (χ4n) is 3.21. The minimum atomic E-state index is -2.02. The van der Waals surface area contributed by atoms with Crippen molar-refractivity contribution in [2.45, 2.75) is 31.4 Å². The maximum atomic E-state index is 12.4. The van der Waals surface area contributed by atoms with Gasteiger partial charge in [0, 0.05) is 18.5 Å². The van der Waals surface area contributed by atoms with Gasteiger partial charge in [0.05, 0.1) is 0 Å². The number of aliphatic hydroxyl groups is 1. The van der Waals surface area contributed by atoms with E-state index in [0.29, 0.717) is 6.42 Å². The first-order valence-electron chi connectivity index (χ1n) is 9.43. The summed E-state index contributed by atoms with van der Waals surface area (Å²) in [4.78, 5) is 35.0. The average molecular weight is 409 g/mol. The van der Waals surface area contributed by atoms with Gasteiger partial charge in [-0.25, -0.2) is 4.79 Å². The van der Waals surface area contributed by atoms with Gasteiger partial charge >= 0.3 is 5.97 Å². The molecule has 1 heterocycles. The number of rotatable bonds is 8. The van der Waals surface area contributed by atoms with E-state index in [1.165, 1.54) is 6.92 Å². The molecule has 0 saturated carbocycles. The number of nitrogens with one attached hydrogen (secondary N) is 3. The number of carbonyl (C=O) groups is 2. The minimum Gasteiger partial charge on any atom is -0.479 e. The van der Waals surface area contributed by atoms with Crippen LogP contribution in [0.1, 0.15) is 29.4 Å². The highest BCUT2D eigenvalue weighted by molar-refractivity contribution is 5.92. The molecule has 0 spiro atoms. The third-order valence-electron chi connectivity index (χ3n) is 4.82. The molecule has 3 aromatic rings. The highest BCUT2D eigenvalue weighted by Crippen LogP contribution is 2.21. The number of amides is 1. The van der Waals surface area contributed by atoms with Crippen molar-refractivity contribution in [3.63, 3.8) is 0 Å². The van der Waals surface area contributed by atoms with E-state index in [2.05, 4.69) is 15.5 Å². The Hall–Kier alpha value is -3.65. The van der Waals surface area contributed by atoms with Gasteiger partial charge < -0.3 is 15.5 Å². The van der Waals surface area contributed by atoms with Crippen LogP contribution < -0.4 is 10.9 Å². The van der Waals surface area contributed by atoms with Crippen molar-refractivity contribution in [1.82, 2.24) is 15.5 Å². The SMILES string of the molecule is CC(O)(CC(Cc1ccc(-c2ccccc2)cc1)NC(=O)c1cc(=O)[nH][nH]1)C(=O)O. The van der Waals surface area contributed by atoms with Crippen LogP contribution in [0.4, 0.5) is 0 Å². The first-order chi connectivity index (χ1) is 14.2. The molecule has 2 atom stereocenters. The molecular formula is C22H23N3O5. The van der Waals surface area contributed by atoms with Crippen LogP contribution in [-0.2, 0) is 11.2 Å². The number of carbonyl (C=O) groups excluding carboxylic acids is 1. The van der Waals surface area contributed by atoms with Crippen LogP contribution >= 0.6 is 0 Å². The third kappa shape index (κ3) is 5.24. The van der Waals surface area contributed by atoms with E-state index in [1.54, 1.807) is 0 Å². The summed E-state index contributed by atoms with van der Waals surface area (Å²) < 4.78 is 0. The predicted octanol–water partition coefficient (Wildman–Crippen LogP) is 1.94. The van der Waals surface area contributed by atoms with Crippen molar-refractivity contribution in [3.8, 4) is 11.1 Å². The number of benzene rings is 2. The molecule has 30 heavy (non-hydrogen) atoms. The van der Waals surface area contributed by atoms with E-state index in [-0.39, 0.29) is 12.1 Å². The van der Waals surface area contributed by atoms with Crippen LogP contribution in [0, 0.1) is 0 Å². The lowest BCUT2D eigenvalue weighted by Crippen LogP contribution is -2.46. The van der Waals surface area contributed by atoms with E-state index in [0.717, 1.165) is 22.8 Å². The first-order valence-corrected chi connectivity index (χ1v) is 9.43. The first kappa shape index (κ1) is 21.1. The fourth-order valence-corrected chi connectivity index (χ4v) is 3.21. The van der Waals surface area contributed by atoms with E-state index in [9.17, 15) is 24.6 Å². The summed E-state index contributed by atoms with van der Waals surface area (Å²) in [6.45, 7) is 1.19. The molecule has 5 N–H and O–H groups in total. The number of hydrogen-bond acceptors (Lipinski definition) is 4. The Kier molecular flexibility index (Phi) is 6.17. The molecule has 2 unspecified atom stereocenters. The number of carboxylic acids is 1. The second-order valence-electron chi connectivity index (χ2n) is 7.39. The van der Waals surface area contributed by atoms with Gasteiger partial charge in [-0.1, -0.05) is 54.6 Å². The van der Waals surface area contributed by atoms with Crippen LogP contribution in [-0.4, -0.2) is 43.9 Å². The summed E-state index contributed by atoms with van der Waals surface area (Å²) in [6, 6.07) is 18.0. The topological polar surface area (TPSA) is 135 Å². The van der Waals surface area contributed by atoms with Gasteiger partial charge in [-0.05, 0) is 30.0 Å². The number of hydrogen-bond donors (Lipinski definition) is 5. The largest absolute Gasteiger partial charge is 0.479 e. The van der Waals surface area contributed by atoms with Crippen molar-refractivity contribution in [2.24, 2.45) is 0 Å². The molecule has 8 heteroatoms. The van der Waals surface area contributed by atoms with Crippen molar-refractivity contribution in [1.29, 1.82) is 0 Å². The lowest BCUT2D eigenvalue weighted by Gasteiger charge is -2.26. The number of carboxylic acid groups (broad SMARTS) is 1. The molecule has 0 bridgehead atoms. The minimum absolute atomic E-state index is 0.0272. The van der Waals surface area contributed by atoms with Gasteiger partial charge in [-0.3, -0.25) is 19.8 Å². The Labute approximate surface area is 172 Å². The number of aromatic nitrogens is 2. The van der Waals surface area contributed by atoms with E-state index >= 15 is 0 Å². The maximum Gasteiger partial charge on any atom is 0.335 e. The zero-order valence-corrected chi connectivity index (χ0v) is 16.4. The van der Waals surface area contributed by atoms with Gasteiger partial charge in [-0.2, -0.15) is 0 Å². The molecule has 0 aliphatic heterocycles. The van der Waals surface area contributed by atoms with Crippen LogP contribution in [0.3, 0.4) is 0 Å². The maximum absolute atomic E-state index is 12.4. The van der Waals surface area contributed by atoms with Crippen molar-refractivity contribution in [2.75, 3.05) is 0 Å². The van der Waals surface area contributed by atoms with Crippen LogP contribution in [0.25, 0.3) is 11.1 Å². The molecule has 0 radical (unpaired) electrons. The second-order valence-corrected chi connectivity index (χ2v) is 7.39. The van der Waals surface area contributed by atoms with Crippen LogP contribution in [0.2, 0.25) is 0 Å². The van der Waals surface area contributed by atoms with E-state index in [1.807, 2.05) is 54.6 Å². The van der Waals surface area contributed by atoms with Gasteiger partial charge in [0.1, 0.15) is 5.69 Å². The summed E-state index contributed by atoms with van der Waals surface area (Å²) >= 11 is 0. The predicted molar refractivity (Wildman–Crippen MR) is 111 cm³/mol. The molecule has 8 nitrogen and oxygen atoms in total. The van der Waals surface area contributed by atoms with Gasteiger partial charge in [-0.15, -0.1) is 0 Å². The molecule has 1 amide bonds. The molecule has 156 valence electrons. The Morgan fingerprint density at radius 2 is 1.67 bits per heavy atom. The lowest BCUT2D eigenvalue weighted by atomic mass is 9.92. The number of aromatic amines is 2. The second kappa shape index (κ2) is 8.79. The van der Waals surface area contributed by atoms with Gasteiger partial charge in [0.15, 0.2) is 5.60 Å². The Balaban J connectivity index is 1.78. The van der Waals surface area contributed by atoms with Crippen molar-refractivity contribution < 1.29 is 19.8 Å². The van der Waals surface area contributed by atoms with E-state index in [4.69, 9.17) is 0 Å². The number of aliphatic carboxylic acids is 1. The normalized spacial score (nSPS) is 13.9. The van der Waals surface area contributed by atoms with E-state index < -0.39 is 29.1 Å². The fraction of sp³-hybridized carbons (Fsp3) is 0.227. The lowest BCUT2D eigenvalue weighted by molar-refractivity contribution is -0.157. The molecule has 0 aliphatic carbocycles. The summed E-state index contributed by atoms with van der Waals surface area (Å²) in [5.74, 6) is -1.95. The quantitative estimate of drug-likeness (QED) is 0.387. The summed E-state index contributed by atoms with van der Waals surface area (Å²) in [6.07, 6.45) is 0.0993. The zero-order valence-electron chi connectivity index (χ0n) is 16.4. The Morgan fingerprint density at radius 3 is 2.23 bits per heavy atom.